The second kappa shape index (κ2) is 7.00. The van der Waals surface area contributed by atoms with Crippen LogP contribution in [0, 0.1) is 0 Å². The number of piperazine rings is 1. The van der Waals surface area contributed by atoms with Crippen molar-refractivity contribution in [1.82, 2.24) is 19.6 Å². The van der Waals surface area contributed by atoms with E-state index in [4.69, 9.17) is 18.0 Å². The summed E-state index contributed by atoms with van der Waals surface area (Å²) < 4.78 is 1.61. The maximum atomic E-state index is 12.4. The van der Waals surface area contributed by atoms with E-state index in [9.17, 15) is 4.79 Å². The van der Waals surface area contributed by atoms with Crippen molar-refractivity contribution in [1.29, 1.82) is 0 Å². The van der Waals surface area contributed by atoms with Crippen LogP contribution in [0.5, 0.6) is 0 Å². The van der Waals surface area contributed by atoms with E-state index < -0.39 is 0 Å². The summed E-state index contributed by atoms with van der Waals surface area (Å²) in [5, 5.41) is 4.05. The highest BCUT2D eigenvalue weighted by Crippen LogP contribution is 2.13. The highest BCUT2D eigenvalue weighted by atomic mass is 32.1. The van der Waals surface area contributed by atoms with E-state index in [-0.39, 0.29) is 11.9 Å². The first-order valence-electron chi connectivity index (χ1n) is 7.35. The van der Waals surface area contributed by atoms with Gasteiger partial charge in [0.25, 0.3) is 5.91 Å². The van der Waals surface area contributed by atoms with Gasteiger partial charge in [0, 0.05) is 39.4 Å². The molecule has 1 amide bonds. The van der Waals surface area contributed by atoms with E-state index in [1.807, 2.05) is 4.90 Å². The van der Waals surface area contributed by atoms with Gasteiger partial charge in [-0.3, -0.25) is 14.4 Å². The lowest BCUT2D eigenvalue weighted by atomic mass is 10.1. The molecule has 1 saturated heterocycles. The van der Waals surface area contributed by atoms with E-state index in [0.717, 1.165) is 25.9 Å². The lowest BCUT2D eigenvalue weighted by Gasteiger charge is -2.38. The van der Waals surface area contributed by atoms with Gasteiger partial charge < -0.3 is 10.6 Å². The Labute approximate surface area is 130 Å². The van der Waals surface area contributed by atoms with Gasteiger partial charge in [0.05, 0.1) is 11.0 Å². The summed E-state index contributed by atoms with van der Waals surface area (Å²) in [6, 6.07) is 1.91. The number of nitrogens with zero attached hydrogens (tertiary/aromatic N) is 4. The second-order valence-electron chi connectivity index (χ2n) is 5.38. The van der Waals surface area contributed by atoms with Gasteiger partial charge >= 0.3 is 0 Å². The number of amides is 1. The van der Waals surface area contributed by atoms with Crippen molar-refractivity contribution in [2.24, 2.45) is 12.8 Å². The molecule has 6 nitrogen and oxygen atoms in total. The predicted molar refractivity (Wildman–Crippen MR) is 86.2 cm³/mol. The van der Waals surface area contributed by atoms with E-state index in [0.29, 0.717) is 23.8 Å². The average molecular weight is 309 g/mol. The Morgan fingerprint density at radius 1 is 1.43 bits per heavy atom. The van der Waals surface area contributed by atoms with Gasteiger partial charge in [-0.1, -0.05) is 25.6 Å². The van der Waals surface area contributed by atoms with Gasteiger partial charge in [-0.15, -0.1) is 0 Å². The summed E-state index contributed by atoms with van der Waals surface area (Å²) in [5.74, 6) is 0.0389. The number of aryl methyl sites for hydroxylation is 1. The lowest BCUT2D eigenvalue weighted by molar-refractivity contribution is 0.0598. The Bertz CT molecular complexity index is 507. The van der Waals surface area contributed by atoms with Crippen LogP contribution in [-0.2, 0) is 7.05 Å². The molecule has 0 saturated carbocycles. The maximum Gasteiger partial charge on any atom is 0.272 e. The first-order valence-corrected chi connectivity index (χ1v) is 7.76. The molecular weight excluding hydrogens is 286 g/mol. The smallest absolute Gasteiger partial charge is 0.272 e. The lowest BCUT2D eigenvalue weighted by Crippen LogP contribution is -2.55. The molecule has 2 rings (SSSR count). The molecule has 0 bridgehead atoms. The molecule has 0 aromatic carbocycles. The zero-order valence-corrected chi connectivity index (χ0v) is 13.5. The van der Waals surface area contributed by atoms with E-state index in [1.54, 1.807) is 24.0 Å². The number of aromatic nitrogens is 2. The topological polar surface area (TPSA) is 67.4 Å². The summed E-state index contributed by atoms with van der Waals surface area (Å²) in [7, 11) is 1.79. The molecule has 2 heterocycles. The summed E-state index contributed by atoms with van der Waals surface area (Å²) in [4.78, 5) is 17.1. The maximum absolute atomic E-state index is 12.4. The SMILES string of the molecule is CCCC(C(N)=S)N1CCN(C(=O)c2ccnn2C)CC1. The van der Waals surface area contributed by atoms with Gasteiger partial charge in [0.15, 0.2) is 0 Å². The Balaban J connectivity index is 1.95. The molecule has 1 aliphatic rings. The largest absolute Gasteiger partial charge is 0.392 e. The molecule has 0 spiro atoms. The quantitative estimate of drug-likeness (QED) is 0.808. The fraction of sp³-hybridized carbons (Fsp3) is 0.643. The zero-order chi connectivity index (χ0) is 15.4. The highest BCUT2D eigenvalue weighted by Gasteiger charge is 2.28. The van der Waals surface area contributed by atoms with Crippen molar-refractivity contribution in [3.8, 4) is 0 Å². The third-order valence-corrected chi connectivity index (χ3v) is 4.24. The Morgan fingerprint density at radius 3 is 2.57 bits per heavy atom. The van der Waals surface area contributed by atoms with Crippen molar-refractivity contribution >= 4 is 23.1 Å². The summed E-state index contributed by atoms with van der Waals surface area (Å²) in [6.45, 7) is 5.16. The molecule has 7 heteroatoms. The average Bonchev–Trinajstić information content (AvgIpc) is 2.90. The standard InChI is InChI=1S/C14H23N5OS/c1-3-4-11(13(15)21)18-7-9-19(10-8-18)14(20)12-5-6-16-17(12)2/h5-6,11H,3-4,7-10H2,1-2H3,(H2,15,21). The summed E-state index contributed by atoms with van der Waals surface area (Å²) in [5.41, 5.74) is 6.47. The van der Waals surface area contributed by atoms with Gasteiger partial charge in [-0.2, -0.15) is 5.10 Å². The van der Waals surface area contributed by atoms with Crippen molar-refractivity contribution in [3.63, 3.8) is 0 Å². The Morgan fingerprint density at radius 2 is 2.10 bits per heavy atom. The fourth-order valence-electron chi connectivity index (χ4n) is 2.76. The predicted octanol–water partition coefficient (Wildman–Crippen LogP) is 0.633. The number of nitrogens with two attached hydrogens (primary N) is 1. The molecule has 1 aromatic rings. The van der Waals surface area contributed by atoms with Crippen molar-refractivity contribution in [3.05, 3.63) is 18.0 Å². The van der Waals surface area contributed by atoms with Gasteiger partial charge in [0.2, 0.25) is 0 Å². The van der Waals surface area contributed by atoms with E-state index in [2.05, 4.69) is 16.9 Å². The van der Waals surface area contributed by atoms with Crippen molar-refractivity contribution < 1.29 is 4.79 Å². The molecule has 1 fully saturated rings. The third kappa shape index (κ3) is 3.59. The molecule has 116 valence electrons. The first kappa shape index (κ1) is 15.9. The molecule has 0 aliphatic carbocycles. The number of hydrogen-bond donors (Lipinski definition) is 1. The van der Waals surface area contributed by atoms with Crippen LogP contribution in [0.2, 0.25) is 0 Å². The molecule has 1 aromatic heterocycles. The monoisotopic (exact) mass is 309 g/mol. The van der Waals surface area contributed by atoms with Crippen LogP contribution in [0.1, 0.15) is 30.3 Å². The van der Waals surface area contributed by atoms with Crippen LogP contribution in [0.15, 0.2) is 12.3 Å². The summed E-state index contributed by atoms with van der Waals surface area (Å²) >= 11 is 5.17. The van der Waals surface area contributed by atoms with Crippen LogP contribution in [0.25, 0.3) is 0 Å². The normalized spacial score (nSPS) is 17.7. The minimum Gasteiger partial charge on any atom is -0.392 e. The minimum absolute atomic E-state index is 0.0389. The van der Waals surface area contributed by atoms with Gasteiger partial charge in [-0.05, 0) is 12.5 Å². The number of hydrogen-bond acceptors (Lipinski definition) is 4. The van der Waals surface area contributed by atoms with Crippen LogP contribution < -0.4 is 5.73 Å². The number of carbonyl (C=O) groups excluding carboxylic acids is 1. The fourth-order valence-corrected chi connectivity index (χ4v) is 3.03. The number of rotatable bonds is 5. The number of carbonyl (C=O) groups is 1. The summed E-state index contributed by atoms with van der Waals surface area (Å²) in [6.07, 6.45) is 3.68. The van der Waals surface area contributed by atoms with Crippen LogP contribution >= 0.6 is 12.2 Å². The second-order valence-corrected chi connectivity index (χ2v) is 5.85. The zero-order valence-electron chi connectivity index (χ0n) is 12.7. The number of thiocarbonyl (C=S) groups is 1. The van der Waals surface area contributed by atoms with Gasteiger partial charge in [-0.25, -0.2) is 0 Å². The molecule has 0 radical (unpaired) electrons. The van der Waals surface area contributed by atoms with Crippen LogP contribution in [-0.4, -0.2) is 62.7 Å². The molecule has 21 heavy (non-hydrogen) atoms. The van der Waals surface area contributed by atoms with Crippen LogP contribution in [0.3, 0.4) is 0 Å². The minimum atomic E-state index is 0.0389. The Kier molecular flexibility index (Phi) is 5.30. The van der Waals surface area contributed by atoms with Gasteiger partial charge in [0.1, 0.15) is 5.69 Å². The molecule has 1 unspecified atom stereocenters. The first-order chi connectivity index (χ1) is 10.0. The molecular formula is C14H23N5OS. The molecule has 1 aliphatic heterocycles. The van der Waals surface area contributed by atoms with Crippen molar-refractivity contribution in [2.45, 2.75) is 25.8 Å². The highest BCUT2D eigenvalue weighted by molar-refractivity contribution is 7.80. The molecule has 2 N–H and O–H groups in total. The van der Waals surface area contributed by atoms with E-state index >= 15 is 0 Å². The molecule has 1 atom stereocenters. The third-order valence-electron chi connectivity index (χ3n) is 3.97. The van der Waals surface area contributed by atoms with Crippen LogP contribution in [0.4, 0.5) is 0 Å². The Hall–Kier alpha value is -1.47. The van der Waals surface area contributed by atoms with Crippen molar-refractivity contribution in [2.75, 3.05) is 26.2 Å². The van der Waals surface area contributed by atoms with E-state index in [1.165, 1.54) is 0 Å².